The number of hydrogen-bond donors (Lipinski definition) is 1. The van der Waals surface area contributed by atoms with E-state index in [9.17, 15) is 5.11 Å². The van der Waals surface area contributed by atoms with Gasteiger partial charge in [-0.1, -0.05) is 63.1 Å². The molecule has 0 amide bonds. The summed E-state index contributed by atoms with van der Waals surface area (Å²) in [4.78, 5) is 2.56. The maximum Gasteiger partial charge on any atom is 0.169 e. The van der Waals surface area contributed by atoms with Crippen LogP contribution < -0.4 is 0 Å². The maximum atomic E-state index is 12.2. The van der Waals surface area contributed by atoms with Crippen molar-refractivity contribution in [3.8, 4) is 0 Å². The Morgan fingerprint density at radius 3 is 2.56 bits per heavy atom. The first kappa shape index (κ1) is 39.9. The number of ether oxygens (including phenoxy) is 5. The van der Waals surface area contributed by atoms with Gasteiger partial charge in [0.25, 0.3) is 0 Å². The lowest BCUT2D eigenvalue weighted by Crippen LogP contribution is -2.58. The fraction of sp³-hybridized carbons (Fsp3) is 0.814. The molecule has 0 spiro atoms. The molecule has 4 heterocycles. The van der Waals surface area contributed by atoms with Crippen molar-refractivity contribution in [2.24, 2.45) is 29.6 Å². The highest BCUT2D eigenvalue weighted by Gasteiger charge is 2.49. The lowest BCUT2D eigenvalue weighted by atomic mass is 9.82. The summed E-state index contributed by atoms with van der Waals surface area (Å²) < 4.78 is 31.7. The largest absolute Gasteiger partial charge is 0.379 e. The summed E-state index contributed by atoms with van der Waals surface area (Å²) in [6.07, 6.45) is 24.3. The van der Waals surface area contributed by atoms with Gasteiger partial charge >= 0.3 is 0 Å². The summed E-state index contributed by atoms with van der Waals surface area (Å²) in [5.74, 6) is 0.344. The Balaban J connectivity index is 1.41. The molecule has 7 nitrogen and oxygen atoms in total. The number of epoxide rings is 1. The molecule has 0 radical (unpaired) electrons. The monoisotopic (exact) mass is 698 g/mol. The first-order valence-corrected chi connectivity index (χ1v) is 20.1. The average molecular weight is 698 g/mol. The van der Waals surface area contributed by atoms with Crippen LogP contribution in [0.1, 0.15) is 112 Å². The molecule has 3 saturated heterocycles. The number of fused-ring (bicyclic) bond motifs is 4. The van der Waals surface area contributed by atoms with E-state index in [4.69, 9.17) is 23.7 Å². The third kappa shape index (κ3) is 10.6. The van der Waals surface area contributed by atoms with Gasteiger partial charge in [-0.3, -0.25) is 4.90 Å². The summed E-state index contributed by atoms with van der Waals surface area (Å²) >= 11 is 0. The van der Waals surface area contributed by atoms with E-state index in [0.717, 1.165) is 58.0 Å². The summed E-state index contributed by atoms with van der Waals surface area (Å²) in [6.45, 7) is 17.9. The zero-order chi connectivity index (χ0) is 35.8. The smallest absolute Gasteiger partial charge is 0.169 e. The molecular weight excluding hydrogens is 626 g/mol. The van der Waals surface area contributed by atoms with E-state index < -0.39 is 5.79 Å². The lowest BCUT2D eigenvalue weighted by molar-refractivity contribution is -0.324. The maximum absolute atomic E-state index is 12.2. The Kier molecular flexibility index (Phi) is 14.9. The SMILES string of the molecule is C=CCC1C=C(C)CC(C)CC(OC)C2OC(O)(CCN3CCCCC3COC(C(C)=CC3CCC4OC4C3)C(C)C=CC1)C(C)CC2OC. The minimum absolute atomic E-state index is 0.0292. The molecule has 4 aliphatic heterocycles. The molecule has 50 heavy (non-hydrogen) atoms. The standard InChI is InChI=1S/C43H71NO6/c1-9-13-34-15-12-14-31(4)41(32(5)25-35-17-18-37-38(27-35)49-37)48-28-36-16-10-11-20-44(36)21-19-43(45)33(6)26-40(47-8)42(50-43)39(46-7)24-30(3)22-29(2)23-34/h9,12,14,23,25,30-31,33-42,45H,1,10-11,13,15-22,24,26-28H2,2-8H3. The van der Waals surface area contributed by atoms with Crippen LogP contribution in [0.5, 0.6) is 0 Å². The van der Waals surface area contributed by atoms with Crippen molar-refractivity contribution < 1.29 is 28.8 Å². The van der Waals surface area contributed by atoms with Crippen LogP contribution in [-0.4, -0.2) is 92.4 Å². The molecule has 5 aliphatic rings. The molecule has 1 saturated carbocycles. The second-order valence-electron chi connectivity index (χ2n) is 16.9. The van der Waals surface area contributed by atoms with Gasteiger partial charge in [0.05, 0.1) is 37.1 Å². The molecule has 4 fully saturated rings. The molecule has 284 valence electrons. The second kappa shape index (κ2) is 18.6. The van der Waals surface area contributed by atoms with Crippen molar-refractivity contribution in [3.63, 3.8) is 0 Å². The van der Waals surface area contributed by atoms with Crippen molar-refractivity contribution in [1.82, 2.24) is 4.90 Å². The van der Waals surface area contributed by atoms with Gasteiger partial charge in [0.15, 0.2) is 5.79 Å². The van der Waals surface area contributed by atoms with E-state index in [1.165, 1.54) is 36.8 Å². The van der Waals surface area contributed by atoms with Crippen LogP contribution >= 0.6 is 0 Å². The van der Waals surface area contributed by atoms with Gasteiger partial charge in [0.2, 0.25) is 0 Å². The van der Waals surface area contributed by atoms with E-state index in [1.54, 1.807) is 14.2 Å². The van der Waals surface area contributed by atoms with Gasteiger partial charge in [0, 0.05) is 45.1 Å². The topological polar surface area (TPSA) is 72.9 Å². The Morgan fingerprint density at radius 2 is 1.82 bits per heavy atom. The average Bonchev–Trinajstić information content (AvgIpc) is 3.86. The Morgan fingerprint density at radius 1 is 1.04 bits per heavy atom. The molecule has 0 aromatic carbocycles. The fourth-order valence-corrected chi connectivity index (χ4v) is 9.64. The fourth-order valence-electron chi connectivity index (χ4n) is 9.64. The van der Waals surface area contributed by atoms with E-state index in [0.29, 0.717) is 49.0 Å². The van der Waals surface area contributed by atoms with Crippen LogP contribution in [0.3, 0.4) is 0 Å². The Bertz CT molecular complexity index is 1170. The molecular formula is C43H71NO6. The third-order valence-electron chi connectivity index (χ3n) is 12.7. The molecule has 5 rings (SSSR count). The highest BCUT2D eigenvalue weighted by Crippen LogP contribution is 2.41. The van der Waals surface area contributed by atoms with Crippen molar-refractivity contribution in [1.29, 1.82) is 0 Å². The van der Waals surface area contributed by atoms with E-state index in [1.807, 2.05) is 0 Å². The van der Waals surface area contributed by atoms with E-state index in [2.05, 4.69) is 76.5 Å². The van der Waals surface area contributed by atoms with Crippen LogP contribution in [0.15, 0.2) is 48.1 Å². The number of nitrogens with zero attached hydrogens (tertiary/aromatic N) is 1. The summed E-state index contributed by atoms with van der Waals surface area (Å²) in [5, 5.41) is 12.2. The first-order valence-electron chi connectivity index (χ1n) is 20.1. The molecule has 7 heteroatoms. The molecule has 1 N–H and O–H groups in total. The number of rotatable bonds is 6. The summed E-state index contributed by atoms with van der Waals surface area (Å²) in [6, 6.07) is 0.322. The zero-order valence-electron chi connectivity index (χ0n) is 32.6. The van der Waals surface area contributed by atoms with Gasteiger partial charge in [-0.25, -0.2) is 0 Å². The van der Waals surface area contributed by atoms with Crippen LogP contribution in [0.4, 0.5) is 0 Å². The van der Waals surface area contributed by atoms with Crippen molar-refractivity contribution in [2.45, 2.75) is 160 Å². The van der Waals surface area contributed by atoms with Crippen molar-refractivity contribution in [3.05, 3.63) is 48.1 Å². The van der Waals surface area contributed by atoms with Gasteiger partial charge in [-0.15, -0.1) is 6.58 Å². The number of methoxy groups -OCH3 is 2. The minimum Gasteiger partial charge on any atom is -0.379 e. The summed E-state index contributed by atoms with van der Waals surface area (Å²) in [5.41, 5.74) is 2.75. The molecule has 1 aliphatic carbocycles. The molecule has 0 aromatic rings. The summed E-state index contributed by atoms with van der Waals surface area (Å²) in [7, 11) is 3.54. The number of hydrogen-bond acceptors (Lipinski definition) is 7. The number of aliphatic hydroxyl groups is 1. The molecule has 2 bridgehead atoms. The third-order valence-corrected chi connectivity index (χ3v) is 12.7. The Labute approximate surface area is 304 Å². The lowest BCUT2D eigenvalue weighted by Gasteiger charge is -2.48. The highest BCUT2D eigenvalue weighted by atomic mass is 16.7. The number of allylic oxidation sites excluding steroid dienone is 5. The minimum atomic E-state index is -1.24. The van der Waals surface area contributed by atoms with Crippen molar-refractivity contribution >= 4 is 0 Å². The second-order valence-corrected chi connectivity index (χ2v) is 16.9. The molecule has 0 aromatic heterocycles. The van der Waals surface area contributed by atoms with E-state index >= 15 is 0 Å². The van der Waals surface area contributed by atoms with Crippen LogP contribution in [0.2, 0.25) is 0 Å². The van der Waals surface area contributed by atoms with Gasteiger partial charge in [-0.2, -0.15) is 0 Å². The highest BCUT2D eigenvalue weighted by molar-refractivity contribution is 5.14. The van der Waals surface area contributed by atoms with Crippen LogP contribution in [0, 0.1) is 29.6 Å². The predicted molar refractivity (Wildman–Crippen MR) is 202 cm³/mol. The van der Waals surface area contributed by atoms with Crippen LogP contribution in [-0.2, 0) is 23.7 Å². The van der Waals surface area contributed by atoms with Gasteiger partial charge < -0.3 is 28.8 Å². The van der Waals surface area contributed by atoms with Gasteiger partial charge in [-0.05, 0) is 108 Å². The van der Waals surface area contributed by atoms with E-state index in [-0.39, 0.29) is 36.3 Å². The quantitative estimate of drug-likeness (QED) is 0.221. The molecule has 13 unspecified atom stereocenters. The predicted octanol–water partition coefficient (Wildman–Crippen LogP) is 8.42. The Hall–Kier alpha value is -1.32. The first-order chi connectivity index (χ1) is 24.0. The zero-order valence-corrected chi connectivity index (χ0v) is 32.6. The normalized spacial score (nSPS) is 43.1. The number of piperidine rings is 1. The van der Waals surface area contributed by atoms with Crippen molar-refractivity contribution in [2.75, 3.05) is 33.9 Å². The van der Waals surface area contributed by atoms with Crippen LogP contribution in [0.25, 0.3) is 0 Å². The van der Waals surface area contributed by atoms with Gasteiger partial charge in [0.1, 0.15) is 6.10 Å². The molecule has 13 atom stereocenters.